The summed E-state index contributed by atoms with van der Waals surface area (Å²) in [6.07, 6.45) is 0. The van der Waals surface area contributed by atoms with Gasteiger partial charge in [0.2, 0.25) is 0 Å². The Morgan fingerprint density at radius 2 is 1.78 bits per heavy atom. The Hall–Kier alpha value is -1.65. The Balaban J connectivity index is 2.34. The maximum Gasteiger partial charge on any atom is 0.336 e. The van der Waals surface area contributed by atoms with Crippen LogP contribution in [0.25, 0.3) is 0 Å². The van der Waals surface area contributed by atoms with Crippen molar-refractivity contribution in [3.05, 3.63) is 53.1 Å². The molecule has 2 N–H and O–H groups in total. The Morgan fingerprint density at radius 3 is 2.39 bits per heavy atom. The summed E-state index contributed by atoms with van der Waals surface area (Å²) in [5.74, 6) is -1.13. The fourth-order valence-corrected chi connectivity index (χ4v) is 2.45. The van der Waals surface area contributed by atoms with E-state index in [9.17, 15) is 9.90 Å². The van der Waals surface area contributed by atoms with Crippen LogP contribution in [0.3, 0.4) is 0 Å². The largest absolute Gasteiger partial charge is 0.508 e. The van der Waals surface area contributed by atoms with Gasteiger partial charge in [-0.2, -0.15) is 0 Å². The van der Waals surface area contributed by atoms with Crippen molar-refractivity contribution in [2.45, 2.75) is 9.79 Å². The molecule has 0 fully saturated rings. The van der Waals surface area contributed by atoms with E-state index in [1.54, 1.807) is 18.2 Å². The first-order chi connectivity index (χ1) is 8.56. The van der Waals surface area contributed by atoms with Gasteiger partial charge >= 0.3 is 5.97 Å². The first-order valence-corrected chi connectivity index (χ1v) is 6.25. The third-order valence-corrected chi connectivity index (χ3v) is 3.57. The lowest BCUT2D eigenvalue weighted by Gasteiger charge is -2.06. The monoisotopic (exact) mass is 280 g/mol. The molecule has 0 aliphatic carbocycles. The molecule has 0 aromatic heterocycles. The zero-order chi connectivity index (χ0) is 13.1. The predicted molar refractivity (Wildman–Crippen MR) is 70.6 cm³/mol. The van der Waals surface area contributed by atoms with Crippen LogP contribution in [0.1, 0.15) is 10.4 Å². The molecule has 2 aromatic carbocycles. The number of carboxylic acids is 1. The Labute approximate surface area is 113 Å². The summed E-state index contributed by atoms with van der Waals surface area (Å²) in [6.45, 7) is 0. The SMILES string of the molecule is O=C(O)c1cc(O)ccc1Sc1ccc(Cl)cc1. The van der Waals surface area contributed by atoms with E-state index < -0.39 is 5.97 Å². The van der Waals surface area contributed by atoms with E-state index in [1.807, 2.05) is 12.1 Å². The summed E-state index contributed by atoms with van der Waals surface area (Å²) >= 11 is 7.09. The van der Waals surface area contributed by atoms with Gasteiger partial charge in [0.1, 0.15) is 5.75 Å². The molecule has 0 saturated heterocycles. The summed E-state index contributed by atoms with van der Waals surface area (Å²) in [4.78, 5) is 12.5. The van der Waals surface area contributed by atoms with Crippen LogP contribution in [0.4, 0.5) is 0 Å². The highest BCUT2D eigenvalue weighted by atomic mass is 35.5. The van der Waals surface area contributed by atoms with Crippen molar-refractivity contribution >= 4 is 29.3 Å². The van der Waals surface area contributed by atoms with Gasteiger partial charge < -0.3 is 10.2 Å². The molecule has 0 bridgehead atoms. The number of aromatic carboxylic acids is 1. The van der Waals surface area contributed by atoms with Gasteiger partial charge in [-0.1, -0.05) is 23.4 Å². The van der Waals surface area contributed by atoms with Crippen LogP contribution in [0.2, 0.25) is 5.02 Å². The number of phenols is 1. The van der Waals surface area contributed by atoms with Crippen LogP contribution in [-0.2, 0) is 0 Å². The summed E-state index contributed by atoms with van der Waals surface area (Å²) in [5, 5.41) is 19.0. The molecule has 0 aliphatic rings. The lowest BCUT2D eigenvalue weighted by atomic mass is 10.2. The van der Waals surface area contributed by atoms with Crippen molar-refractivity contribution in [3.8, 4) is 5.75 Å². The second-order valence-corrected chi connectivity index (χ2v) is 5.09. The number of phenolic OH excluding ortho intramolecular Hbond substituents is 1. The molecule has 0 atom stereocenters. The maximum atomic E-state index is 11.1. The van der Waals surface area contributed by atoms with Crippen LogP contribution in [0.15, 0.2) is 52.3 Å². The third-order valence-electron chi connectivity index (χ3n) is 2.24. The molecule has 0 unspecified atom stereocenters. The van der Waals surface area contributed by atoms with Gasteiger partial charge in [0.15, 0.2) is 0 Å². The number of carbonyl (C=O) groups is 1. The van der Waals surface area contributed by atoms with Gasteiger partial charge in [0.05, 0.1) is 5.56 Å². The van der Waals surface area contributed by atoms with E-state index in [2.05, 4.69) is 0 Å². The summed E-state index contributed by atoms with van der Waals surface area (Å²) in [7, 11) is 0. The number of carboxylic acid groups (broad SMARTS) is 1. The van der Waals surface area contributed by atoms with Crippen molar-refractivity contribution in [1.82, 2.24) is 0 Å². The van der Waals surface area contributed by atoms with E-state index in [0.717, 1.165) is 4.90 Å². The number of benzene rings is 2. The molecule has 0 spiro atoms. The molecule has 18 heavy (non-hydrogen) atoms. The Morgan fingerprint density at radius 1 is 1.11 bits per heavy atom. The molecular weight excluding hydrogens is 272 g/mol. The third kappa shape index (κ3) is 2.97. The second kappa shape index (κ2) is 5.33. The molecule has 0 aliphatic heterocycles. The zero-order valence-electron chi connectivity index (χ0n) is 9.13. The number of aromatic hydroxyl groups is 1. The van der Waals surface area contributed by atoms with Gasteiger partial charge in [-0.15, -0.1) is 0 Å². The molecular formula is C13H9ClO3S. The van der Waals surface area contributed by atoms with E-state index in [-0.39, 0.29) is 11.3 Å². The van der Waals surface area contributed by atoms with E-state index in [4.69, 9.17) is 16.7 Å². The molecule has 5 heteroatoms. The fraction of sp³-hybridized carbons (Fsp3) is 0. The van der Waals surface area contributed by atoms with Crippen LogP contribution >= 0.6 is 23.4 Å². The molecule has 0 amide bonds. The Kier molecular flexibility index (Phi) is 3.79. The van der Waals surface area contributed by atoms with Crippen molar-refractivity contribution in [1.29, 1.82) is 0 Å². The van der Waals surface area contributed by atoms with Crippen molar-refractivity contribution in [2.75, 3.05) is 0 Å². The van der Waals surface area contributed by atoms with Crippen LogP contribution in [0.5, 0.6) is 5.75 Å². The van der Waals surface area contributed by atoms with Gasteiger partial charge in [-0.25, -0.2) is 4.79 Å². The highest BCUT2D eigenvalue weighted by Crippen LogP contribution is 2.32. The van der Waals surface area contributed by atoms with Gasteiger partial charge in [0, 0.05) is 14.8 Å². The average molecular weight is 281 g/mol. The summed E-state index contributed by atoms with van der Waals surface area (Å²) in [6, 6.07) is 11.4. The van der Waals surface area contributed by atoms with Gasteiger partial charge in [-0.05, 0) is 42.5 Å². The minimum Gasteiger partial charge on any atom is -0.508 e. The minimum atomic E-state index is -1.07. The van der Waals surface area contributed by atoms with Gasteiger partial charge in [-0.3, -0.25) is 0 Å². The maximum absolute atomic E-state index is 11.1. The minimum absolute atomic E-state index is 0.0622. The topological polar surface area (TPSA) is 57.5 Å². The van der Waals surface area contributed by atoms with Crippen molar-refractivity contribution in [3.63, 3.8) is 0 Å². The molecule has 2 aromatic rings. The van der Waals surface area contributed by atoms with Gasteiger partial charge in [0.25, 0.3) is 0 Å². The molecule has 92 valence electrons. The predicted octanol–water partition coefficient (Wildman–Crippen LogP) is 3.90. The standard InChI is InChI=1S/C13H9ClO3S/c14-8-1-4-10(5-2-8)18-12-6-3-9(15)7-11(12)13(16)17/h1-7,15H,(H,16,17). The van der Waals surface area contributed by atoms with Crippen LogP contribution in [-0.4, -0.2) is 16.2 Å². The molecule has 2 rings (SSSR count). The summed E-state index contributed by atoms with van der Waals surface area (Å²) in [5.41, 5.74) is 0.0787. The first kappa shape index (κ1) is 12.8. The van der Waals surface area contributed by atoms with Crippen LogP contribution in [0, 0.1) is 0 Å². The smallest absolute Gasteiger partial charge is 0.336 e. The van der Waals surface area contributed by atoms with E-state index >= 15 is 0 Å². The number of halogens is 1. The lowest BCUT2D eigenvalue weighted by molar-refractivity contribution is 0.0692. The van der Waals surface area contributed by atoms with Crippen molar-refractivity contribution in [2.24, 2.45) is 0 Å². The van der Waals surface area contributed by atoms with E-state index in [1.165, 1.54) is 23.9 Å². The average Bonchev–Trinajstić information content (AvgIpc) is 2.34. The quantitative estimate of drug-likeness (QED) is 0.895. The number of hydrogen-bond donors (Lipinski definition) is 2. The normalized spacial score (nSPS) is 10.3. The van der Waals surface area contributed by atoms with Crippen molar-refractivity contribution < 1.29 is 15.0 Å². The zero-order valence-corrected chi connectivity index (χ0v) is 10.7. The van der Waals surface area contributed by atoms with Crippen LogP contribution < -0.4 is 0 Å². The highest BCUT2D eigenvalue weighted by Gasteiger charge is 2.12. The molecule has 0 radical (unpaired) electrons. The molecule has 0 heterocycles. The summed E-state index contributed by atoms with van der Waals surface area (Å²) < 4.78 is 0. The number of hydrogen-bond acceptors (Lipinski definition) is 3. The Bertz CT molecular complexity index is 581. The number of rotatable bonds is 3. The fourth-order valence-electron chi connectivity index (χ4n) is 1.40. The lowest BCUT2D eigenvalue weighted by Crippen LogP contribution is -1.98. The highest BCUT2D eigenvalue weighted by molar-refractivity contribution is 7.99. The molecule has 0 saturated carbocycles. The molecule has 3 nitrogen and oxygen atoms in total. The van der Waals surface area contributed by atoms with E-state index in [0.29, 0.717) is 9.92 Å². The first-order valence-electron chi connectivity index (χ1n) is 5.06. The second-order valence-electron chi connectivity index (χ2n) is 3.54.